The normalized spacial score (nSPS) is 13.7. The van der Waals surface area contributed by atoms with E-state index in [0.717, 1.165) is 43.4 Å². The van der Waals surface area contributed by atoms with E-state index in [1.807, 2.05) is 11.3 Å². The van der Waals surface area contributed by atoms with Gasteiger partial charge in [-0.25, -0.2) is 0 Å². The number of anilines is 2. The maximum Gasteiger partial charge on any atom is 0.182 e. The van der Waals surface area contributed by atoms with Gasteiger partial charge in [0.1, 0.15) is 5.58 Å². The molecule has 0 bridgehead atoms. The van der Waals surface area contributed by atoms with Crippen molar-refractivity contribution in [2.45, 2.75) is 0 Å². The van der Waals surface area contributed by atoms with Crippen molar-refractivity contribution in [1.82, 2.24) is 0 Å². The molecule has 0 saturated carbocycles. The molecule has 0 aliphatic carbocycles. The highest BCUT2D eigenvalue weighted by atomic mass is 32.2. The van der Waals surface area contributed by atoms with E-state index in [-0.39, 0.29) is 0 Å². The Labute approximate surface area is 325 Å². The summed E-state index contributed by atoms with van der Waals surface area (Å²) in [5.74, 6) is 0. The van der Waals surface area contributed by atoms with Crippen LogP contribution in [0.5, 0.6) is 0 Å². The molecule has 0 fully saturated rings. The van der Waals surface area contributed by atoms with Gasteiger partial charge in [0.15, 0.2) is 4.71 Å². The minimum atomic E-state index is -0.563. The van der Waals surface area contributed by atoms with E-state index in [9.17, 15) is 0 Å². The SMILES string of the molecule is C1=CS(N(c2ccc(-c3cccc4sc5ccccc5c34)cc2)c2ccc3cc(-c4ccccc4)ccc3c2)=c2oc3c(-c4ccccc4)cccc3c2=C1. The van der Waals surface area contributed by atoms with Crippen molar-refractivity contribution < 1.29 is 4.42 Å². The average molecular weight is 740 g/mol. The minimum Gasteiger partial charge on any atom is -0.447 e. The number of thiophene rings is 1. The van der Waals surface area contributed by atoms with Crippen molar-refractivity contribution in [1.29, 1.82) is 0 Å². The number of allylic oxidation sites excluding steroid dienone is 1. The first kappa shape index (κ1) is 32.0. The molecule has 8 aromatic carbocycles. The number of furan rings is 1. The van der Waals surface area contributed by atoms with Crippen LogP contribution in [0.25, 0.3) is 81.4 Å². The molecule has 0 spiro atoms. The molecule has 1 aliphatic heterocycles. The van der Waals surface area contributed by atoms with Crippen molar-refractivity contribution in [2.75, 3.05) is 4.31 Å². The maximum absolute atomic E-state index is 7.03. The van der Waals surface area contributed by atoms with E-state index in [2.05, 4.69) is 204 Å². The van der Waals surface area contributed by atoms with E-state index < -0.39 is 10.7 Å². The number of rotatable bonds is 6. The predicted octanol–water partition coefficient (Wildman–Crippen LogP) is 14.5. The van der Waals surface area contributed by atoms with Crippen molar-refractivity contribution in [3.8, 4) is 33.4 Å². The van der Waals surface area contributed by atoms with Crippen LogP contribution < -0.4 is 9.52 Å². The van der Waals surface area contributed by atoms with E-state index in [1.165, 1.54) is 53.2 Å². The second-order valence-corrected chi connectivity index (χ2v) is 16.6. The number of benzene rings is 8. The summed E-state index contributed by atoms with van der Waals surface area (Å²) in [5, 5.41) is 9.62. The Morgan fingerprint density at radius 1 is 0.473 bits per heavy atom. The fourth-order valence-corrected chi connectivity index (χ4v) is 11.1. The zero-order valence-electron chi connectivity index (χ0n) is 29.7. The van der Waals surface area contributed by atoms with Gasteiger partial charge >= 0.3 is 0 Å². The summed E-state index contributed by atoms with van der Waals surface area (Å²) >= 11 is 1.86. The smallest absolute Gasteiger partial charge is 0.182 e. The third kappa shape index (κ3) is 5.45. The van der Waals surface area contributed by atoms with Gasteiger partial charge in [0.25, 0.3) is 0 Å². The zero-order chi connectivity index (χ0) is 36.3. The zero-order valence-corrected chi connectivity index (χ0v) is 31.4. The molecule has 3 heterocycles. The molecule has 4 heteroatoms. The molecule has 2 nitrogen and oxygen atoms in total. The van der Waals surface area contributed by atoms with Crippen LogP contribution in [0.4, 0.5) is 11.4 Å². The van der Waals surface area contributed by atoms with Crippen LogP contribution in [0.1, 0.15) is 0 Å². The van der Waals surface area contributed by atoms with Gasteiger partial charge < -0.3 is 4.42 Å². The van der Waals surface area contributed by atoms with Crippen molar-refractivity contribution in [3.63, 3.8) is 0 Å². The Morgan fingerprint density at radius 3 is 1.96 bits per heavy atom. The lowest BCUT2D eigenvalue weighted by molar-refractivity contribution is 0.595. The summed E-state index contributed by atoms with van der Waals surface area (Å²) < 4.78 is 13.1. The van der Waals surface area contributed by atoms with Gasteiger partial charge in [0.05, 0.1) is 11.4 Å². The molecule has 1 atom stereocenters. The standard InChI is InChI=1S/C51H33NOS2/c1-3-12-34(13-4-1)37-23-24-39-33-41(30-27-38(39)32-37)52(40-28-25-36(26-29-40)42-17-10-22-48-49(42)46-16-7-8-21-47(46)54-48)55-31-11-20-45-44-19-9-18-43(50(44)53-51(45)55)35-14-5-2-6-15-35/h1-33H. The highest BCUT2D eigenvalue weighted by Gasteiger charge is 2.20. The minimum absolute atomic E-state index is 0.563. The lowest BCUT2D eigenvalue weighted by Gasteiger charge is -2.27. The Bertz CT molecular complexity index is 3250. The summed E-state index contributed by atoms with van der Waals surface area (Å²) in [4.78, 5) is 0. The van der Waals surface area contributed by atoms with Crippen LogP contribution in [-0.4, -0.2) is 0 Å². The Hall–Kier alpha value is -6.46. The number of nitrogens with zero attached hydrogens (tertiary/aromatic N) is 1. The van der Waals surface area contributed by atoms with Gasteiger partial charge in [-0.15, -0.1) is 11.3 Å². The molecule has 0 radical (unpaired) electrons. The van der Waals surface area contributed by atoms with Crippen molar-refractivity contribution >= 4 is 81.4 Å². The molecule has 55 heavy (non-hydrogen) atoms. The van der Waals surface area contributed by atoms with Gasteiger partial charge in [-0.1, -0.05) is 146 Å². The Balaban J connectivity index is 1.10. The monoisotopic (exact) mass is 739 g/mol. The first-order valence-electron chi connectivity index (χ1n) is 18.5. The number of fused-ring (bicyclic) bond motifs is 7. The number of hydrogen-bond acceptors (Lipinski definition) is 3. The fraction of sp³-hybridized carbons (Fsp3) is 0. The van der Waals surface area contributed by atoms with Gasteiger partial charge in [-0.05, 0) is 103 Å². The molecule has 0 N–H and O–H groups in total. The summed E-state index contributed by atoms with van der Waals surface area (Å²) in [7, 11) is -0.563. The van der Waals surface area contributed by atoms with Crippen LogP contribution in [0, 0.1) is 4.71 Å². The molecule has 2 aromatic heterocycles. The molecule has 11 rings (SSSR count). The fourth-order valence-electron chi connectivity index (χ4n) is 8.03. The summed E-state index contributed by atoms with van der Waals surface area (Å²) in [6.45, 7) is 0. The van der Waals surface area contributed by atoms with Gasteiger partial charge in [-0.3, -0.25) is 4.31 Å². The van der Waals surface area contributed by atoms with Crippen LogP contribution in [0.2, 0.25) is 0 Å². The molecule has 1 aliphatic rings. The third-order valence-electron chi connectivity index (χ3n) is 10.6. The third-order valence-corrected chi connectivity index (χ3v) is 13.7. The van der Waals surface area contributed by atoms with Crippen LogP contribution in [0.3, 0.4) is 0 Å². The van der Waals surface area contributed by atoms with Crippen molar-refractivity contribution in [2.24, 2.45) is 0 Å². The van der Waals surface area contributed by atoms with Crippen LogP contribution in [-0.2, 0) is 0 Å². The second kappa shape index (κ2) is 13.1. The van der Waals surface area contributed by atoms with Gasteiger partial charge in [0, 0.05) is 36.3 Å². The predicted molar refractivity (Wildman–Crippen MR) is 238 cm³/mol. The quantitative estimate of drug-likeness (QED) is 0.158. The Kier molecular flexibility index (Phi) is 7.65. The highest BCUT2D eigenvalue weighted by molar-refractivity contribution is 8.13. The summed E-state index contributed by atoms with van der Waals surface area (Å²) in [6.07, 6.45) is 4.41. The Morgan fingerprint density at radius 2 is 1.11 bits per heavy atom. The topological polar surface area (TPSA) is 16.4 Å². The second-order valence-electron chi connectivity index (χ2n) is 13.9. The first-order valence-corrected chi connectivity index (χ1v) is 20.6. The van der Waals surface area contributed by atoms with E-state index in [1.54, 1.807) is 0 Å². The molecular weight excluding hydrogens is 707 g/mol. The number of hydrogen-bond donors (Lipinski definition) is 0. The summed E-state index contributed by atoms with van der Waals surface area (Å²) in [6, 6.07) is 65.8. The van der Waals surface area contributed by atoms with Gasteiger partial charge in [0.2, 0.25) is 0 Å². The maximum atomic E-state index is 7.03. The molecule has 10 aromatic rings. The molecule has 260 valence electrons. The van der Waals surface area contributed by atoms with Crippen molar-refractivity contribution in [3.05, 3.63) is 203 Å². The number of para-hydroxylation sites is 1. The van der Waals surface area contributed by atoms with Crippen LogP contribution in [0.15, 0.2) is 198 Å². The van der Waals surface area contributed by atoms with E-state index in [0.29, 0.717) is 0 Å². The first-order chi connectivity index (χ1) is 27.3. The lowest BCUT2D eigenvalue weighted by Crippen LogP contribution is -2.12. The molecule has 1 unspecified atom stereocenters. The molecule has 0 amide bonds. The largest absolute Gasteiger partial charge is 0.447 e. The van der Waals surface area contributed by atoms with Crippen LogP contribution >= 0.6 is 22.0 Å². The van der Waals surface area contributed by atoms with E-state index in [4.69, 9.17) is 4.42 Å². The highest BCUT2D eigenvalue weighted by Crippen LogP contribution is 2.45. The average Bonchev–Trinajstić information content (AvgIpc) is 3.84. The van der Waals surface area contributed by atoms with E-state index >= 15 is 0 Å². The molecule has 0 saturated heterocycles. The van der Waals surface area contributed by atoms with Gasteiger partial charge in [-0.2, -0.15) is 0 Å². The molecular formula is C51H33NOS2. The lowest BCUT2D eigenvalue weighted by atomic mass is 9.99. The summed E-state index contributed by atoms with van der Waals surface area (Å²) in [5.41, 5.74) is 10.3.